The molecular weight excluding hydrogens is 432 g/mol. The molecule has 0 aliphatic heterocycles. The second-order valence-corrected chi connectivity index (χ2v) is 9.00. The van der Waals surface area contributed by atoms with Crippen LogP contribution in [0.5, 0.6) is 5.75 Å². The lowest BCUT2D eigenvalue weighted by Gasteiger charge is -2.16. The van der Waals surface area contributed by atoms with Gasteiger partial charge in [-0.2, -0.15) is 0 Å². The topological polar surface area (TPSA) is 54.4 Å². The number of benzene rings is 2. The third-order valence-corrected chi connectivity index (χ3v) is 6.25. The van der Waals surface area contributed by atoms with Crippen LogP contribution in [0.25, 0.3) is 11.1 Å². The van der Waals surface area contributed by atoms with Crippen molar-refractivity contribution in [1.82, 2.24) is 10.3 Å². The molecule has 0 atom stereocenters. The molecule has 0 radical (unpaired) electrons. The lowest BCUT2D eigenvalue weighted by atomic mass is 10.0. The number of hydrogen-bond donors (Lipinski definition) is 2. The van der Waals surface area contributed by atoms with Crippen LogP contribution in [-0.2, 0) is 0 Å². The van der Waals surface area contributed by atoms with E-state index < -0.39 is 0 Å². The first-order valence-electron chi connectivity index (χ1n) is 11.4. The minimum absolute atomic E-state index is 0.247. The minimum Gasteiger partial charge on any atom is -0.494 e. The first kappa shape index (κ1) is 23.3. The van der Waals surface area contributed by atoms with Gasteiger partial charge in [-0.05, 0) is 91.6 Å². The maximum absolute atomic E-state index is 8.87. The number of nitrogens with zero attached hydrogens (tertiary/aromatic N) is 1. The highest BCUT2D eigenvalue weighted by Gasteiger charge is 2.41. The predicted molar refractivity (Wildman–Crippen MR) is 133 cm³/mol. The van der Waals surface area contributed by atoms with E-state index in [0.29, 0.717) is 5.41 Å². The van der Waals surface area contributed by atoms with E-state index in [1.54, 1.807) is 0 Å². The van der Waals surface area contributed by atoms with Gasteiger partial charge in [-0.3, -0.25) is 0 Å². The summed E-state index contributed by atoms with van der Waals surface area (Å²) in [5, 5.41) is 13.0. The van der Waals surface area contributed by atoms with Crippen molar-refractivity contribution in [3.8, 4) is 28.7 Å². The van der Waals surface area contributed by atoms with Crippen molar-refractivity contribution in [2.75, 3.05) is 26.3 Å². The van der Waals surface area contributed by atoms with Crippen LogP contribution < -0.4 is 10.1 Å². The first-order valence-corrected chi connectivity index (χ1v) is 11.8. The lowest BCUT2D eigenvalue weighted by Crippen LogP contribution is -2.26. The van der Waals surface area contributed by atoms with Crippen molar-refractivity contribution in [1.29, 1.82) is 0 Å². The maximum atomic E-state index is 8.87. The van der Waals surface area contributed by atoms with Gasteiger partial charge in [0.1, 0.15) is 11.4 Å². The Morgan fingerprint density at radius 3 is 2.39 bits per heavy atom. The van der Waals surface area contributed by atoms with Crippen molar-refractivity contribution in [3.05, 3.63) is 83.1 Å². The summed E-state index contributed by atoms with van der Waals surface area (Å²) in [6.45, 7) is 2.86. The van der Waals surface area contributed by atoms with Gasteiger partial charge >= 0.3 is 0 Å². The molecule has 2 aromatic carbocycles. The number of aliphatic hydroxyl groups excluding tert-OH is 1. The van der Waals surface area contributed by atoms with Crippen LogP contribution in [0.15, 0.2) is 66.9 Å². The zero-order valence-electron chi connectivity index (χ0n) is 18.7. The SMILES string of the molecule is OCCCNCC1(CCOc2ccc(C#Cc3ccc(-c4ccc(Cl)cc4)cn3)cc2)CC1. The molecule has 1 aromatic heterocycles. The molecule has 0 saturated heterocycles. The first-order chi connectivity index (χ1) is 16.2. The number of aliphatic hydroxyl groups is 1. The highest BCUT2D eigenvalue weighted by molar-refractivity contribution is 6.30. The van der Waals surface area contributed by atoms with Crippen molar-refractivity contribution in [2.45, 2.75) is 25.7 Å². The number of nitrogens with one attached hydrogen (secondary N) is 1. The predicted octanol–water partition coefficient (Wildman–Crippen LogP) is 5.32. The Balaban J connectivity index is 1.25. The molecule has 0 spiro atoms. The largest absolute Gasteiger partial charge is 0.494 e. The van der Waals surface area contributed by atoms with Gasteiger partial charge in [-0.1, -0.05) is 35.7 Å². The van der Waals surface area contributed by atoms with Gasteiger partial charge in [0.05, 0.1) is 6.61 Å². The number of ether oxygens (including phenoxy) is 1. The van der Waals surface area contributed by atoms with Crippen LogP contribution in [0, 0.1) is 17.3 Å². The lowest BCUT2D eigenvalue weighted by molar-refractivity contribution is 0.259. The van der Waals surface area contributed by atoms with Crippen LogP contribution in [0.2, 0.25) is 5.02 Å². The molecule has 3 aromatic rings. The molecule has 0 amide bonds. The van der Waals surface area contributed by atoms with Crippen molar-refractivity contribution in [3.63, 3.8) is 0 Å². The van der Waals surface area contributed by atoms with Gasteiger partial charge in [-0.25, -0.2) is 4.98 Å². The monoisotopic (exact) mass is 460 g/mol. The number of hydrogen-bond acceptors (Lipinski definition) is 4. The summed E-state index contributed by atoms with van der Waals surface area (Å²) >= 11 is 5.95. The van der Waals surface area contributed by atoms with Crippen LogP contribution >= 0.6 is 11.6 Å². The zero-order chi connectivity index (χ0) is 22.9. The van der Waals surface area contributed by atoms with Crippen LogP contribution in [-0.4, -0.2) is 36.4 Å². The van der Waals surface area contributed by atoms with Crippen LogP contribution in [0.1, 0.15) is 36.9 Å². The fourth-order valence-corrected chi connectivity index (χ4v) is 3.81. The van der Waals surface area contributed by atoms with E-state index in [1.807, 2.05) is 66.9 Å². The van der Waals surface area contributed by atoms with Gasteiger partial charge in [0.25, 0.3) is 0 Å². The zero-order valence-corrected chi connectivity index (χ0v) is 19.4. The van der Waals surface area contributed by atoms with Gasteiger partial charge in [0, 0.05) is 35.5 Å². The molecule has 1 aliphatic carbocycles. The molecule has 5 heteroatoms. The van der Waals surface area contributed by atoms with Gasteiger partial charge < -0.3 is 15.2 Å². The standard InChI is InChI=1S/C28H29ClN2O2/c29-25-8-5-23(6-9-25)24-7-11-26(31-20-24)10-2-22-3-12-27(13-4-22)33-19-16-28(14-15-28)21-30-17-1-18-32/h3-9,11-13,20,30,32H,1,14-19,21H2. The molecule has 1 heterocycles. The van der Waals surface area contributed by atoms with Gasteiger partial charge in [0.2, 0.25) is 0 Å². The highest BCUT2D eigenvalue weighted by atomic mass is 35.5. The second kappa shape index (κ2) is 11.3. The molecule has 170 valence electrons. The van der Waals surface area contributed by atoms with E-state index in [9.17, 15) is 0 Å². The van der Waals surface area contributed by atoms with E-state index in [0.717, 1.165) is 65.7 Å². The summed E-state index contributed by atoms with van der Waals surface area (Å²) < 4.78 is 5.95. The number of halogens is 1. The molecule has 1 fully saturated rings. The summed E-state index contributed by atoms with van der Waals surface area (Å²) in [6, 6.07) is 19.6. The Bertz CT molecular complexity index is 1080. The molecule has 2 N–H and O–H groups in total. The fraction of sp³-hybridized carbons (Fsp3) is 0.321. The summed E-state index contributed by atoms with van der Waals surface area (Å²) in [7, 11) is 0. The Morgan fingerprint density at radius 2 is 1.73 bits per heavy atom. The van der Waals surface area contributed by atoms with Gasteiger partial charge in [0.15, 0.2) is 0 Å². The normalized spacial score (nSPS) is 13.8. The Hall–Kier alpha value is -2.84. The maximum Gasteiger partial charge on any atom is 0.119 e. The molecule has 0 unspecified atom stereocenters. The van der Waals surface area contributed by atoms with E-state index in [-0.39, 0.29) is 6.61 Å². The summed E-state index contributed by atoms with van der Waals surface area (Å²) in [5.74, 6) is 7.16. The Morgan fingerprint density at radius 1 is 0.970 bits per heavy atom. The summed E-state index contributed by atoms with van der Waals surface area (Å²) in [4.78, 5) is 4.46. The average Bonchev–Trinajstić information content (AvgIpc) is 3.62. The van der Waals surface area contributed by atoms with Crippen LogP contribution in [0.4, 0.5) is 0 Å². The quantitative estimate of drug-likeness (QED) is 0.317. The molecule has 1 saturated carbocycles. The average molecular weight is 461 g/mol. The van der Waals surface area contributed by atoms with E-state index in [4.69, 9.17) is 21.4 Å². The summed E-state index contributed by atoms with van der Waals surface area (Å²) in [5.41, 5.74) is 4.16. The van der Waals surface area contributed by atoms with E-state index in [1.165, 1.54) is 12.8 Å². The molecule has 33 heavy (non-hydrogen) atoms. The number of aromatic nitrogens is 1. The molecular formula is C28H29ClN2O2. The number of pyridine rings is 1. The Kier molecular flexibility index (Phi) is 8.01. The highest BCUT2D eigenvalue weighted by Crippen LogP contribution is 2.48. The van der Waals surface area contributed by atoms with Crippen LogP contribution in [0.3, 0.4) is 0 Å². The fourth-order valence-electron chi connectivity index (χ4n) is 3.69. The second-order valence-electron chi connectivity index (χ2n) is 8.57. The smallest absolute Gasteiger partial charge is 0.119 e. The minimum atomic E-state index is 0.247. The Labute approximate surface area is 201 Å². The van der Waals surface area contributed by atoms with Gasteiger partial charge in [-0.15, -0.1) is 0 Å². The molecule has 0 bridgehead atoms. The molecule has 1 aliphatic rings. The van der Waals surface area contributed by atoms with E-state index >= 15 is 0 Å². The number of rotatable bonds is 10. The third kappa shape index (κ3) is 7.07. The van der Waals surface area contributed by atoms with E-state index in [2.05, 4.69) is 22.1 Å². The van der Waals surface area contributed by atoms with Crippen molar-refractivity contribution in [2.24, 2.45) is 5.41 Å². The van der Waals surface area contributed by atoms with Crippen molar-refractivity contribution < 1.29 is 9.84 Å². The third-order valence-electron chi connectivity index (χ3n) is 6.00. The molecule has 4 nitrogen and oxygen atoms in total. The molecule has 4 rings (SSSR count). The summed E-state index contributed by atoms with van der Waals surface area (Å²) in [6.07, 6.45) is 6.21. The van der Waals surface area contributed by atoms with Crippen molar-refractivity contribution >= 4 is 11.6 Å².